The van der Waals surface area contributed by atoms with E-state index in [4.69, 9.17) is 0 Å². The minimum absolute atomic E-state index is 0.211. The molecule has 0 saturated heterocycles. The second kappa shape index (κ2) is 10.1. The van der Waals surface area contributed by atoms with Crippen molar-refractivity contribution < 1.29 is 26.4 Å². The third kappa shape index (κ3) is 6.40. The first-order valence-corrected chi connectivity index (χ1v) is 12.2. The zero-order chi connectivity index (χ0) is 22.5. The number of hydrogen-bond donors (Lipinski definition) is 2. The Balaban J connectivity index is 2.25. The number of aromatic nitrogens is 2. The molecule has 13 heteroatoms. The SMILES string of the molecule is CCSc1nnc(NC(=O)[C@H](NS(=O)(=O)c2cccc(C(F)(F)F)c2)[C@H](C)CC)s1. The van der Waals surface area contributed by atoms with Gasteiger partial charge in [-0.25, -0.2) is 8.42 Å². The van der Waals surface area contributed by atoms with Crippen LogP contribution in [0.4, 0.5) is 18.3 Å². The Morgan fingerprint density at radius 1 is 1.27 bits per heavy atom. The van der Waals surface area contributed by atoms with E-state index in [2.05, 4.69) is 20.2 Å². The van der Waals surface area contributed by atoms with Crippen molar-refractivity contribution in [2.75, 3.05) is 11.1 Å². The Hall–Kier alpha value is -1.70. The molecule has 2 N–H and O–H groups in total. The standard InChI is InChI=1S/C17H21F3N4O3S3/c1-4-10(3)13(14(25)21-15-22-23-16(29-15)28-5-2)24-30(26,27)12-8-6-7-11(9-12)17(18,19)20/h6-10,13,24H,4-5H2,1-3H3,(H,21,22,25)/t10-,13-/m1/s1. The van der Waals surface area contributed by atoms with Gasteiger partial charge in [0.05, 0.1) is 10.5 Å². The van der Waals surface area contributed by atoms with Gasteiger partial charge in [0.1, 0.15) is 6.04 Å². The number of nitrogens with zero attached hydrogens (tertiary/aromatic N) is 2. The van der Waals surface area contributed by atoms with Crippen LogP contribution in [0.5, 0.6) is 0 Å². The number of hydrogen-bond acceptors (Lipinski definition) is 7. The molecule has 2 aromatic rings. The number of sulfonamides is 1. The Morgan fingerprint density at radius 2 is 1.97 bits per heavy atom. The lowest BCUT2D eigenvalue weighted by Crippen LogP contribution is -2.47. The van der Waals surface area contributed by atoms with Gasteiger partial charge >= 0.3 is 6.18 Å². The maximum Gasteiger partial charge on any atom is 0.416 e. The Kier molecular flexibility index (Phi) is 8.25. The van der Waals surface area contributed by atoms with Gasteiger partial charge in [0.2, 0.25) is 21.1 Å². The molecule has 0 saturated carbocycles. The Labute approximate surface area is 180 Å². The minimum atomic E-state index is -4.69. The molecule has 0 unspecified atom stereocenters. The van der Waals surface area contributed by atoms with Gasteiger partial charge in [-0.2, -0.15) is 17.9 Å². The molecule has 0 aliphatic heterocycles. The van der Waals surface area contributed by atoms with Gasteiger partial charge in [-0.05, 0) is 29.9 Å². The summed E-state index contributed by atoms with van der Waals surface area (Å²) < 4.78 is 67.1. The summed E-state index contributed by atoms with van der Waals surface area (Å²) in [5, 5.41) is 10.5. The van der Waals surface area contributed by atoms with Crippen LogP contribution in [0.3, 0.4) is 0 Å². The fourth-order valence-corrected chi connectivity index (χ4v) is 5.37. The van der Waals surface area contributed by atoms with Crippen LogP contribution in [0, 0.1) is 5.92 Å². The lowest BCUT2D eigenvalue weighted by Gasteiger charge is -2.23. The molecule has 2 atom stereocenters. The number of benzene rings is 1. The van der Waals surface area contributed by atoms with Crippen LogP contribution in [0.25, 0.3) is 0 Å². The molecule has 0 aliphatic rings. The summed E-state index contributed by atoms with van der Waals surface area (Å²) in [6, 6.07) is 2.15. The smallest absolute Gasteiger partial charge is 0.299 e. The molecule has 1 aromatic carbocycles. The van der Waals surface area contributed by atoms with Crippen LogP contribution in [-0.4, -0.2) is 36.3 Å². The van der Waals surface area contributed by atoms with Crippen LogP contribution >= 0.6 is 23.1 Å². The van der Waals surface area contributed by atoms with E-state index in [1.54, 1.807) is 13.8 Å². The zero-order valence-corrected chi connectivity index (χ0v) is 18.8. The van der Waals surface area contributed by atoms with Gasteiger partial charge in [0.15, 0.2) is 4.34 Å². The summed E-state index contributed by atoms with van der Waals surface area (Å²) in [6.45, 7) is 5.37. The third-order valence-electron chi connectivity index (χ3n) is 4.15. The number of anilines is 1. The second-order valence-electron chi connectivity index (χ2n) is 6.31. The van der Waals surface area contributed by atoms with E-state index in [0.717, 1.165) is 35.3 Å². The van der Waals surface area contributed by atoms with Crippen molar-refractivity contribution in [1.29, 1.82) is 0 Å². The first-order chi connectivity index (χ1) is 14.0. The molecule has 0 fully saturated rings. The maximum atomic E-state index is 12.9. The summed E-state index contributed by atoms with van der Waals surface area (Å²) in [5.41, 5.74) is -1.09. The van der Waals surface area contributed by atoms with Gasteiger partial charge in [-0.15, -0.1) is 10.2 Å². The van der Waals surface area contributed by atoms with Crippen LogP contribution in [0.1, 0.15) is 32.8 Å². The Bertz CT molecular complexity index is 980. The lowest BCUT2D eigenvalue weighted by atomic mass is 9.99. The normalized spacial score (nSPS) is 14.3. The molecule has 0 radical (unpaired) electrons. The largest absolute Gasteiger partial charge is 0.416 e. The van der Waals surface area contributed by atoms with Gasteiger partial charge in [0.25, 0.3) is 0 Å². The minimum Gasteiger partial charge on any atom is -0.299 e. The molecule has 30 heavy (non-hydrogen) atoms. The Morgan fingerprint density at radius 3 is 2.57 bits per heavy atom. The average molecular weight is 483 g/mol. The zero-order valence-electron chi connectivity index (χ0n) is 16.4. The number of thioether (sulfide) groups is 1. The molecule has 166 valence electrons. The van der Waals surface area contributed by atoms with E-state index in [1.165, 1.54) is 11.8 Å². The monoisotopic (exact) mass is 482 g/mol. The van der Waals surface area contributed by atoms with E-state index in [1.807, 2.05) is 6.92 Å². The van der Waals surface area contributed by atoms with E-state index in [-0.39, 0.29) is 5.13 Å². The fraction of sp³-hybridized carbons (Fsp3) is 0.471. The van der Waals surface area contributed by atoms with E-state index in [9.17, 15) is 26.4 Å². The van der Waals surface area contributed by atoms with E-state index < -0.39 is 44.5 Å². The third-order valence-corrected chi connectivity index (χ3v) is 7.45. The van der Waals surface area contributed by atoms with Crippen molar-refractivity contribution in [2.24, 2.45) is 5.92 Å². The number of nitrogens with one attached hydrogen (secondary N) is 2. The predicted octanol–water partition coefficient (Wildman–Crippen LogP) is 4.00. The van der Waals surface area contributed by atoms with Crippen LogP contribution < -0.4 is 10.0 Å². The highest BCUT2D eigenvalue weighted by atomic mass is 32.2. The first kappa shape index (κ1) is 24.6. The number of alkyl halides is 3. The highest BCUT2D eigenvalue weighted by Crippen LogP contribution is 2.31. The number of amides is 1. The van der Waals surface area contributed by atoms with E-state index in [0.29, 0.717) is 16.8 Å². The molecular weight excluding hydrogens is 461 g/mol. The predicted molar refractivity (Wildman–Crippen MR) is 110 cm³/mol. The summed E-state index contributed by atoms with van der Waals surface area (Å²) in [6.07, 6.45) is -4.23. The van der Waals surface area contributed by atoms with Crippen LogP contribution in [-0.2, 0) is 21.0 Å². The molecule has 1 heterocycles. The molecular formula is C17H21F3N4O3S3. The van der Waals surface area contributed by atoms with Crippen molar-refractivity contribution in [3.8, 4) is 0 Å². The van der Waals surface area contributed by atoms with Gasteiger partial charge in [-0.1, -0.05) is 56.4 Å². The second-order valence-corrected chi connectivity index (χ2v) is 10.5. The first-order valence-electron chi connectivity index (χ1n) is 8.94. The summed E-state index contributed by atoms with van der Waals surface area (Å²) in [5.74, 6) is -0.318. The van der Waals surface area contributed by atoms with E-state index >= 15 is 0 Å². The van der Waals surface area contributed by atoms with Gasteiger partial charge < -0.3 is 0 Å². The quantitative estimate of drug-likeness (QED) is 0.414. The van der Waals surface area contributed by atoms with Crippen LogP contribution in [0.15, 0.2) is 33.5 Å². The molecule has 1 amide bonds. The van der Waals surface area contributed by atoms with Crippen molar-refractivity contribution in [1.82, 2.24) is 14.9 Å². The molecule has 7 nitrogen and oxygen atoms in total. The highest BCUT2D eigenvalue weighted by molar-refractivity contribution is 8.01. The van der Waals surface area contributed by atoms with Gasteiger partial charge in [0, 0.05) is 0 Å². The average Bonchev–Trinajstić information content (AvgIpc) is 3.12. The molecule has 0 bridgehead atoms. The van der Waals surface area contributed by atoms with Crippen molar-refractivity contribution in [3.05, 3.63) is 29.8 Å². The summed E-state index contributed by atoms with van der Waals surface area (Å²) in [4.78, 5) is 12.2. The molecule has 2 rings (SSSR count). The number of rotatable bonds is 9. The topological polar surface area (TPSA) is 101 Å². The lowest BCUT2D eigenvalue weighted by molar-refractivity contribution is -0.137. The number of halogens is 3. The number of carbonyl (C=O) groups is 1. The van der Waals surface area contributed by atoms with Crippen molar-refractivity contribution in [3.63, 3.8) is 0 Å². The molecule has 0 aliphatic carbocycles. The van der Waals surface area contributed by atoms with Crippen molar-refractivity contribution in [2.45, 2.75) is 48.6 Å². The van der Waals surface area contributed by atoms with Crippen LogP contribution in [0.2, 0.25) is 0 Å². The number of carbonyl (C=O) groups excluding carboxylic acids is 1. The summed E-state index contributed by atoms with van der Waals surface area (Å²) >= 11 is 2.59. The maximum absolute atomic E-state index is 12.9. The van der Waals surface area contributed by atoms with Crippen molar-refractivity contribution >= 4 is 44.2 Å². The fourth-order valence-electron chi connectivity index (χ4n) is 2.36. The highest BCUT2D eigenvalue weighted by Gasteiger charge is 2.34. The molecule has 1 aromatic heterocycles. The van der Waals surface area contributed by atoms with Gasteiger partial charge in [-0.3, -0.25) is 10.1 Å². The summed E-state index contributed by atoms with van der Waals surface area (Å²) in [7, 11) is -4.39. The molecule has 0 spiro atoms.